The zero-order chi connectivity index (χ0) is 15.7. The predicted molar refractivity (Wildman–Crippen MR) is 82.4 cm³/mol. The van der Waals surface area contributed by atoms with Crippen LogP contribution in [-0.2, 0) is 20.8 Å². The van der Waals surface area contributed by atoms with Crippen LogP contribution in [0.3, 0.4) is 0 Å². The number of imide groups is 1. The van der Waals surface area contributed by atoms with Crippen molar-refractivity contribution in [2.75, 3.05) is 0 Å². The van der Waals surface area contributed by atoms with E-state index in [1.807, 2.05) is 25.1 Å². The number of carbonyl (C=O) groups excluding carboxylic acids is 3. The number of hydrogen-bond acceptors (Lipinski definition) is 5. The number of nitrogens with one attached hydrogen (secondary N) is 2. The van der Waals surface area contributed by atoms with Crippen LogP contribution >= 0.6 is 11.3 Å². The minimum atomic E-state index is -0.632. The van der Waals surface area contributed by atoms with Gasteiger partial charge in [-0.25, -0.2) is 4.98 Å². The summed E-state index contributed by atoms with van der Waals surface area (Å²) in [6, 6.07) is 5.05. The molecule has 1 saturated heterocycles. The summed E-state index contributed by atoms with van der Waals surface area (Å²) in [6.07, 6.45) is 0.789. The highest BCUT2D eigenvalue weighted by atomic mass is 32.1. The van der Waals surface area contributed by atoms with Crippen molar-refractivity contribution in [1.82, 2.24) is 15.6 Å². The molecule has 1 fully saturated rings. The number of amides is 3. The Labute approximate surface area is 130 Å². The van der Waals surface area contributed by atoms with Gasteiger partial charge in [-0.05, 0) is 25.0 Å². The molecule has 0 aliphatic carbocycles. The Morgan fingerprint density at radius 2 is 2.27 bits per heavy atom. The quantitative estimate of drug-likeness (QED) is 0.829. The molecule has 2 aromatic rings. The van der Waals surface area contributed by atoms with Crippen molar-refractivity contribution in [3.05, 3.63) is 28.8 Å². The molecule has 1 aromatic carbocycles. The largest absolute Gasteiger partial charge is 0.344 e. The van der Waals surface area contributed by atoms with Crippen LogP contribution in [0.1, 0.15) is 23.4 Å². The number of nitrogens with zero attached hydrogens (tertiary/aromatic N) is 1. The molecule has 0 spiro atoms. The summed E-state index contributed by atoms with van der Waals surface area (Å²) in [6.45, 7) is 1.93. The molecule has 0 saturated carbocycles. The number of carbonyl (C=O) groups is 3. The number of piperidine rings is 1. The number of aryl methyl sites for hydroxylation is 1. The Hall–Kier alpha value is -2.28. The van der Waals surface area contributed by atoms with E-state index in [4.69, 9.17) is 0 Å². The zero-order valence-electron chi connectivity index (χ0n) is 12.0. The third kappa shape index (κ3) is 2.99. The fraction of sp³-hybridized carbons (Fsp3) is 0.333. The standard InChI is InChI=1S/C15H15N3O3S/c1-8-16-10-4-2-3-9(14(10)22-8)7-13(20)17-11-5-6-12(19)18-15(11)21/h2-4,11H,5-7H2,1H3,(H,17,20)(H,18,19,21). The monoisotopic (exact) mass is 317 g/mol. The second kappa shape index (κ2) is 5.84. The summed E-state index contributed by atoms with van der Waals surface area (Å²) in [5.74, 6) is -0.954. The molecule has 114 valence electrons. The second-order valence-corrected chi connectivity index (χ2v) is 6.45. The lowest BCUT2D eigenvalue weighted by Gasteiger charge is -2.21. The molecule has 6 nitrogen and oxygen atoms in total. The summed E-state index contributed by atoms with van der Waals surface area (Å²) >= 11 is 1.55. The first-order chi connectivity index (χ1) is 10.5. The normalized spacial score (nSPS) is 18.3. The molecular formula is C15H15N3O3S. The molecule has 1 atom stereocenters. The number of benzene rings is 1. The Balaban J connectivity index is 1.71. The van der Waals surface area contributed by atoms with Crippen molar-refractivity contribution in [3.8, 4) is 0 Å². The molecule has 1 aliphatic heterocycles. The van der Waals surface area contributed by atoms with Crippen LogP contribution in [0.15, 0.2) is 18.2 Å². The van der Waals surface area contributed by atoms with E-state index >= 15 is 0 Å². The summed E-state index contributed by atoms with van der Waals surface area (Å²) in [7, 11) is 0. The zero-order valence-corrected chi connectivity index (χ0v) is 12.8. The van der Waals surface area contributed by atoms with Crippen molar-refractivity contribution >= 4 is 39.3 Å². The highest BCUT2D eigenvalue weighted by molar-refractivity contribution is 7.18. The lowest BCUT2D eigenvalue weighted by atomic mass is 10.1. The summed E-state index contributed by atoms with van der Waals surface area (Å²) in [4.78, 5) is 39.3. The van der Waals surface area contributed by atoms with Crippen LogP contribution in [0.4, 0.5) is 0 Å². The van der Waals surface area contributed by atoms with E-state index < -0.39 is 11.9 Å². The number of hydrogen-bond donors (Lipinski definition) is 2. The molecule has 0 bridgehead atoms. The molecule has 22 heavy (non-hydrogen) atoms. The smallest absolute Gasteiger partial charge is 0.249 e. The summed E-state index contributed by atoms with van der Waals surface area (Å²) < 4.78 is 0.999. The van der Waals surface area contributed by atoms with E-state index in [2.05, 4.69) is 15.6 Å². The second-order valence-electron chi connectivity index (χ2n) is 5.25. The van der Waals surface area contributed by atoms with Crippen LogP contribution < -0.4 is 10.6 Å². The highest BCUT2D eigenvalue weighted by Crippen LogP contribution is 2.25. The average Bonchev–Trinajstić information content (AvgIpc) is 2.83. The molecule has 2 heterocycles. The van der Waals surface area contributed by atoms with Gasteiger partial charge in [-0.15, -0.1) is 11.3 Å². The first-order valence-electron chi connectivity index (χ1n) is 7.01. The van der Waals surface area contributed by atoms with Gasteiger partial charge in [-0.3, -0.25) is 19.7 Å². The fourth-order valence-corrected chi connectivity index (χ4v) is 3.44. The Morgan fingerprint density at radius 1 is 1.45 bits per heavy atom. The van der Waals surface area contributed by atoms with Gasteiger partial charge in [0.2, 0.25) is 17.7 Å². The van der Waals surface area contributed by atoms with Crippen LogP contribution in [0, 0.1) is 6.92 Å². The van der Waals surface area contributed by atoms with E-state index in [0.29, 0.717) is 6.42 Å². The van der Waals surface area contributed by atoms with Crippen LogP contribution in [-0.4, -0.2) is 28.7 Å². The van der Waals surface area contributed by atoms with Gasteiger partial charge in [0.05, 0.1) is 21.6 Å². The molecular weight excluding hydrogens is 302 g/mol. The van der Waals surface area contributed by atoms with Gasteiger partial charge in [0, 0.05) is 6.42 Å². The van der Waals surface area contributed by atoms with E-state index in [1.165, 1.54) is 0 Å². The number of thiazole rings is 1. The lowest BCUT2D eigenvalue weighted by Crippen LogP contribution is -2.52. The summed E-state index contributed by atoms with van der Waals surface area (Å²) in [5.41, 5.74) is 1.78. The Morgan fingerprint density at radius 3 is 3.05 bits per heavy atom. The lowest BCUT2D eigenvalue weighted by molar-refractivity contribution is -0.137. The van der Waals surface area contributed by atoms with Crippen LogP contribution in [0.2, 0.25) is 0 Å². The Bertz CT molecular complexity index is 768. The summed E-state index contributed by atoms with van der Waals surface area (Å²) in [5, 5.41) is 5.87. The van der Waals surface area contributed by atoms with Crippen molar-refractivity contribution in [2.45, 2.75) is 32.2 Å². The maximum atomic E-state index is 12.2. The van der Waals surface area contributed by atoms with E-state index in [9.17, 15) is 14.4 Å². The SMILES string of the molecule is Cc1nc2cccc(CC(=O)NC3CCC(=O)NC3=O)c2s1. The minimum Gasteiger partial charge on any atom is -0.344 e. The number of aromatic nitrogens is 1. The third-order valence-electron chi connectivity index (χ3n) is 3.53. The topological polar surface area (TPSA) is 88.2 Å². The average molecular weight is 317 g/mol. The van der Waals surface area contributed by atoms with Crippen molar-refractivity contribution in [1.29, 1.82) is 0 Å². The van der Waals surface area contributed by atoms with Crippen LogP contribution in [0.5, 0.6) is 0 Å². The molecule has 1 aliphatic rings. The van der Waals surface area contributed by atoms with E-state index in [0.717, 1.165) is 20.8 Å². The molecule has 7 heteroatoms. The first-order valence-corrected chi connectivity index (χ1v) is 7.82. The van der Waals surface area contributed by atoms with Crippen molar-refractivity contribution in [2.24, 2.45) is 0 Å². The van der Waals surface area contributed by atoms with E-state index in [1.54, 1.807) is 11.3 Å². The van der Waals surface area contributed by atoms with Gasteiger partial charge in [0.25, 0.3) is 0 Å². The molecule has 1 unspecified atom stereocenters. The fourth-order valence-electron chi connectivity index (χ4n) is 2.51. The van der Waals surface area contributed by atoms with Gasteiger partial charge in [0.1, 0.15) is 6.04 Å². The van der Waals surface area contributed by atoms with Gasteiger partial charge >= 0.3 is 0 Å². The highest BCUT2D eigenvalue weighted by Gasteiger charge is 2.27. The van der Waals surface area contributed by atoms with Gasteiger partial charge in [0.15, 0.2) is 0 Å². The number of fused-ring (bicyclic) bond motifs is 1. The predicted octanol–water partition coefficient (Wildman–Crippen LogP) is 1.07. The van der Waals surface area contributed by atoms with Crippen molar-refractivity contribution < 1.29 is 14.4 Å². The van der Waals surface area contributed by atoms with Gasteiger partial charge < -0.3 is 5.32 Å². The molecule has 3 rings (SSSR count). The van der Waals surface area contributed by atoms with Gasteiger partial charge in [-0.2, -0.15) is 0 Å². The first kappa shape index (κ1) is 14.6. The maximum absolute atomic E-state index is 12.2. The maximum Gasteiger partial charge on any atom is 0.249 e. The van der Waals surface area contributed by atoms with Gasteiger partial charge in [-0.1, -0.05) is 12.1 Å². The molecule has 1 aromatic heterocycles. The molecule has 2 N–H and O–H groups in total. The molecule has 3 amide bonds. The Kier molecular flexibility index (Phi) is 3.89. The van der Waals surface area contributed by atoms with Crippen LogP contribution in [0.25, 0.3) is 10.2 Å². The molecule has 0 radical (unpaired) electrons. The minimum absolute atomic E-state index is 0.191. The third-order valence-corrected chi connectivity index (χ3v) is 4.59. The van der Waals surface area contributed by atoms with Crippen molar-refractivity contribution in [3.63, 3.8) is 0 Å². The number of rotatable bonds is 3. The van der Waals surface area contributed by atoms with E-state index in [-0.39, 0.29) is 24.7 Å².